The third kappa shape index (κ3) is 1.86. The molecule has 2 aromatic carbocycles. The normalized spacial score (nSPS) is 11.3. The molecule has 21 heavy (non-hydrogen) atoms. The Hall–Kier alpha value is -2.81. The number of hydrogen-bond acceptors (Lipinski definition) is 3. The predicted octanol–water partition coefficient (Wildman–Crippen LogP) is 4.72. The average Bonchev–Trinajstić information content (AvgIpc) is 3.09. The third-order valence-electron chi connectivity index (χ3n) is 3.60. The van der Waals surface area contributed by atoms with Crippen molar-refractivity contribution in [2.24, 2.45) is 0 Å². The maximum atomic E-state index is 12.4. The maximum absolute atomic E-state index is 12.4. The Labute approximate surface area is 120 Å². The molecule has 0 atom stereocenters. The standard InChI is InChI=1S/C18H12O3/c1-11-6-8-17(20-11)18(19)12-7-9-16-14(10-12)13-4-2-3-5-15(13)21-16/h2-10H,1H3. The van der Waals surface area contributed by atoms with Gasteiger partial charge in [0.05, 0.1) is 0 Å². The van der Waals surface area contributed by atoms with Crippen molar-refractivity contribution in [1.82, 2.24) is 0 Å². The third-order valence-corrected chi connectivity index (χ3v) is 3.60. The summed E-state index contributed by atoms with van der Waals surface area (Å²) in [7, 11) is 0. The Morgan fingerprint density at radius 3 is 2.48 bits per heavy atom. The van der Waals surface area contributed by atoms with Gasteiger partial charge in [-0.3, -0.25) is 4.79 Å². The fourth-order valence-corrected chi connectivity index (χ4v) is 2.57. The van der Waals surface area contributed by atoms with Gasteiger partial charge in [0, 0.05) is 16.3 Å². The number of aryl methyl sites for hydroxylation is 1. The quantitative estimate of drug-likeness (QED) is 0.497. The van der Waals surface area contributed by atoms with E-state index in [0.29, 0.717) is 11.3 Å². The average molecular weight is 276 g/mol. The summed E-state index contributed by atoms with van der Waals surface area (Å²) >= 11 is 0. The van der Waals surface area contributed by atoms with Gasteiger partial charge in [0.25, 0.3) is 0 Å². The van der Waals surface area contributed by atoms with Crippen LogP contribution in [0, 0.1) is 6.92 Å². The topological polar surface area (TPSA) is 43.4 Å². The van der Waals surface area contributed by atoms with E-state index in [2.05, 4.69) is 0 Å². The molecule has 0 bridgehead atoms. The molecular weight excluding hydrogens is 264 g/mol. The molecular formula is C18H12O3. The molecule has 0 aliphatic rings. The van der Waals surface area contributed by atoms with E-state index in [1.54, 1.807) is 18.2 Å². The number of rotatable bonds is 2. The largest absolute Gasteiger partial charge is 0.458 e. The van der Waals surface area contributed by atoms with Gasteiger partial charge in [0.1, 0.15) is 16.9 Å². The van der Waals surface area contributed by atoms with Gasteiger partial charge in [-0.15, -0.1) is 0 Å². The summed E-state index contributed by atoms with van der Waals surface area (Å²) in [5.74, 6) is 0.975. The van der Waals surface area contributed by atoms with Crippen molar-refractivity contribution in [3.63, 3.8) is 0 Å². The van der Waals surface area contributed by atoms with Crippen molar-refractivity contribution in [2.75, 3.05) is 0 Å². The molecule has 0 spiro atoms. The van der Waals surface area contributed by atoms with Crippen LogP contribution in [-0.4, -0.2) is 5.78 Å². The number of furan rings is 2. The first-order valence-corrected chi connectivity index (χ1v) is 6.75. The molecule has 0 aliphatic heterocycles. The van der Waals surface area contributed by atoms with E-state index < -0.39 is 0 Å². The van der Waals surface area contributed by atoms with Gasteiger partial charge in [-0.25, -0.2) is 0 Å². The molecule has 0 amide bonds. The van der Waals surface area contributed by atoms with Gasteiger partial charge in [0.15, 0.2) is 5.76 Å². The van der Waals surface area contributed by atoms with Crippen LogP contribution in [0.1, 0.15) is 21.9 Å². The molecule has 4 aromatic rings. The number of para-hydroxylation sites is 1. The second kappa shape index (κ2) is 4.35. The number of carbonyl (C=O) groups excluding carboxylic acids is 1. The summed E-state index contributed by atoms with van der Waals surface area (Å²) < 4.78 is 11.2. The van der Waals surface area contributed by atoms with Gasteiger partial charge < -0.3 is 8.83 Å². The first kappa shape index (κ1) is 12.0. The second-order valence-corrected chi connectivity index (χ2v) is 5.05. The summed E-state index contributed by atoms with van der Waals surface area (Å²) in [4.78, 5) is 12.4. The molecule has 0 unspecified atom stereocenters. The van der Waals surface area contributed by atoms with Crippen molar-refractivity contribution in [3.05, 3.63) is 71.7 Å². The van der Waals surface area contributed by atoms with Gasteiger partial charge in [-0.1, -0.05) is 18.2 Å². The predicted molar refractivity (Wildman–Crippen MR) is 80.6 cm³/mol. The van der Waals surface area contributed by atoms with Crippen LogP contribution in [0.4, 0.5) is 0 Å². The Balaban J connectivity index is 1.90. The highest BCUT2D eigenvalue weighted by Crippen LogP contribution is 2.29. The minimum atomic E-state index is -0.115. The smallest absolute Gasteiger partial charge is 0.228 e. The van der Waals surface area contributed by atoms with Gasteiger partial charge in [-0.2, -0.15) is 0 Å². The van der Waals surface area contributed by atoms with Crippen molar-refractivity contribution in [3.8, 4) is 0 Å². The number of ketones is 1. The number of carbonyl (C=O) groups is 1. The molecule has 3 nitrogen and oxygen atoms in total. The van der Waals surface area contributed by atoms with Gasteiger partial charge >= 0.3 is 0 Å². The fourth-order valence-electron chi connectivity index (χ4n) is 2.57. The Kier molecular flexibility index (Phi) is 2.48. The highest BCUT2D eigenvalue weighted by Gasteiger charge is 2.15. The molecule has 102 valence electrons. The Morgan fingerprint density at radius 2 is 1.67 bits per heavy atom. The number of hydrogen-bond donors (Lipinski definition) is 0. The monoisotopic (exact) mass is 276 g/mol. The van der Waals surface area contributed by atoms with Crippen LogP contribution in [0.15, 0.2) is 63.4 Å². The Morgan fingerprint density at radius 1 is 0.857 bits per heavy atom. The number of benzene rings is 2. The maximum Gasteiger partial charge on any atom is 0.228 e. The molecule has 2 aromatic heterocycles. The van der Waals surface area contributed by atoms with Crippen LogP contribution in [0.25, 0.3) is 21.9 Å². The molecule has 3 heteroatoms. The molecule has 0 radical (unpaired) electrons. The van der Waals surface area contributed by atoms with E-state index in [0.717, 1.165) is 27.7 Å². The number of fused-ring (bicyclic) bond motifs is 3. The van der Waals surface area contributed by atoms with Crippen molar-refractivity contribution >= 4 is 27.7 Å². The lowest BCUT2D eigenvalue weighted by molar-refractivity contribution is 0.101. The van der Waals surface area contributed by atoms with Crippen LogP contribution >= 0.6 is 0 Å². The first-order chi connectivity index (χ1) is 10.2. The lowest BCUT2D eigenvalue weighted by atomic mass is 10.1. The summed E-state index contributed by atoms with van der Waals surface area (Å²) in [6.45, 7) is 1.82. The van der Waals surface area contributed by atoms with Crippen LogP contribution < -0.4 is 0 Å². The van der Waals surface area contributed by atoms with Crippen LogP contribution in [-0.2, 0) is 0 Å². The van der Waals surface area contributed by atoms with Crippen molar-refractivity contribution in [2.45, 2.75) is 6.92 Å². The summed E-state index contributed by atoms with van der Waals surface area (Å²) in [5.41, 5.74) is 2.21. The lowest BCUT2D eigenvalue weighted by Crippen LogP contribution is -1.98. The SMILES string of the molecule is Cc1ccc(C(=O)c2ccc3oc4ccccc4c3c2)o1. The van der Waals surface area contributed by atoms with E-state index >= 15 is 0 Å². The van der Waals surface area contributed by atoms with Crippen LogP contribution in [0.5, 0.6) is 0 Å². The van der Waals surface area contributed by atoms with E-state index in [1.807, 2.05) is 43.3 Å². The van der Waals surface area contributed by atoms with Gasteiger partial charge in [-0.05, 0) is 43.3 Å². The molecule has 0 N–H and O–H groups in total. The lowest BCUT2D eigenvalue weighted by Gasteiger charge is -1.98. The van der Waals surface area contributed by atoms with Crippen LogP contribution in [0.2, 0.25) is 0 Å². The zero-order valence-electron chi connectivity index (χ0n) is 11.4. The second-order valence-electron chi connectivity index (χ2n) is 5.05. The minimum absolute atomic E-state index is 0.115. The van der Waals surface area contributed by atoms with E-state index in [4.69, 9.17) is 8.83 Å². The zero-order chi connectivity index (χ0) is 14.4. The van der Waals surface area contributed by atoms with E-state index in [9.17, 15) is 4.79 Å². The van der Waals surface area contributed by atoms with E-state index in [1.165, 1.54) is 0 Å². The molecule has 0 aliphatic carbocycles. The highest BCUT2D eigenvalue weighted by molar-refractivity contribution is 6.12. The van der Waals surface area contributed by atoms with Crippen molar-refractivity contribution in [1.29, 1.82) is 0 Å². The van der Waals surface area contributed by atoms with Gasteiger partial charge in [0.2, 0.25) is 5.78 Å². The minimum Gasteiger partial charge on any atom is -0.458 e. The zero-order valence-corrected chi connectivity index (χ0v) is 11.4. The highest BCUT2D eigenvalue weighted by atomic mass is 16.3. The van der Waals surface area contributed by atoms with E-state index in [-0.39, 0.29) is 5.78 Å². The Bertz CT molecular complexity index is 972. The summed E-state index contributed by atoms with van der Waals surface area (Å²) in [6.07, 6.45) is 0. The molecule has 0 saturated carbocycles. The first-order valence-electron chi connectivity index (χ1n) is 6.75. The summed E-state index contributed by atoms with van der Waals surface area (Å²) in [5, 5.41) is 1.96. The van der Waals surface area contributed by atoms with Crippen LogP contribution in [0.3, 0.4) is 0 Å². The molecule has 0 fully saturated rings. The molecule has 4 rings (SSSR count). The van der Waals surface area contributed by atoms with Crippen molar-refractivity contribution < 1.29 is 13.6 Å². The molecule has 0 saturated heterocycles. The fraction of sp³-hybridized carbons (Fsp3) is 0.0556. The molecule has 2 heterocycles. The summed E-state index contributed by atoms with van der Waals surface area (Å²) in [6, 6.07) is 16.8.